The number of carbonyl (C=O) groups is 1. The molecule has 1 amide bonds. The standard InChI is InChI=1S/C10H9F2NO/c1-2-5-13-10(14)7-3-4-8(11)9(12)6-7/h2-4,6H,1,5H2,(H,13,14). The summed E-state index contributed by atoms with van der Waals surface area (Å²) in [6, 6.07) is 2.99. The smallest absolute Gasteiger partial charge is 0.251 e. The molecule has 0 fully saturated rings. The fraction of sp³-hybridized carbons (Fsp3) is 0.100. The van der Waals surface area contributed by atoms with Gasteiger partial charge in [0.2, 0.25) is 0 Å². The Kier molecular flexibility index (Phi) is 3.34. The summed E-state index contributed by atoms with van der Waals surface area (Å²) < 4.78 is 25.2. The number of benzene rings is 1. The van der Waals surface area contributed by atoms with E-state index >= 15 is 0 Å². The van der Waals surface area contributed by atoms with Gasteiger partial charge in [0.05, 0.1) is 0 Å². The summed E-state index contributed by atoms with van der Waals surface area (Å²) in [6.07, 6.45) is 1.50. The van der Waals surface area contributed by atoms with Crippen molar-refractivity contribution in [3.8, 4) is 0 Å². The first-order valence-corrected chi connectivity index (χ1v) is 3.99. The predicted octanol–water partition coefficient (Wildman–Crippen LogP) is 1.88. The summed E-state index contributed by atoms with van der Waals surface area (Å²) in [5.74, 6) is -2.45. The van der Waals surface area contributed by atoms with Crippen LogP contribution in [0.25, 0.3) is 0 Å². The Hall–Kier alpha value is -1.71. The first-order valence-electron chi connectivity index (χ1n) is 3.99. The molecule has 0 aliphatic rings. The van der Waals surface area contributed by atoms with Crippen LogP contribution in [0, 0.1) is 11.6 Å². The van der Waals surface area contributed by atoms with Gasteiger partial charge >= 0.3 is 0 Å². The minimum Gasteiger partial charge on any atom is -0.349 e. The maximum atomic E-state index is 12.7. The van der Waals surface area contributed by atoms with Gasteiger partial charge in [-0.25, -0.2) is 8.78 Å². The lowest BCUT2D eigenvalue weighted by molar-refractivity contribution is 0.0957. The van der Waals surface area contributed by atoms with Crippen molar-refractivity contribution in [1.82, 2.24) is 5.32 Å². The molecule has 14 heavy (non-hydrogen) atoms. The van der Waals surface area contributed by atoms with Gasteiger partial charge in [-0.1, -0.05) is 6.08 Å². The quantitative estimate of drug-likeness (QED) is 0.736. The topological polar surface area (TPSA) is 29.1 Å². The Bertz CT molecular complexity index is 363. The van der Waals surface area contributed by atoms with E-state index in [0.29, 0.717) is 0 Å². The zero-order valence-electron chi connectivity index (χ0n) is 7.39. The zero-order chi connectivity index (χ0) is 10.6. The molecule has 74 valence electrons. The monoisotopic (exact) mass is 197 g/mol. The van der Waals surface area contributed by atoms with Gasteiger partial charge in [-0.2, -0.15) is 0 Å². The lowest BCUT2D eigenvalue weighted by atomic mass is 10.2. The molecule has 0 heterocycles. The highest BCUT2D eigenvalue weighted by molar-refractivity contribution is 5.94. The van der Waals surface area contributed by atoms with E-state index in [-0.39, 0.29) is 12.1 Å². The highest BCUT2D eigenvalue weighted by atomic mass is 19.2. The third kappa shape index (κ3) is 2.39. The Morgan fingerprint density at radius 1 is 1.43 bits per heavy atom. The second-order valence-corrected chi connectivity index (χ2v) is 2.63. The summed E-state index contributed by atoms with van der Waals surface area (Å²) in [4.78, 5) is 11.2. The number of hydrogen-bond donors (Lipinski definition) is 1. The molecule has 0 saturated heterocycles. The summed E-state index contributed by atoms with van der Waals surface area (Å²) in [6.45, 7) is 3.70. The van der Waals surface area contributed by atoms with Crippen molar-refractivity contribution in [3.63, 3.8) is 0 Å². The lowest BCUT2D eigenvalue weighted by Crippen LogP contribution is -2.23. The fourth-order valence-electron chi connectivity index (χ4n) is 0.904. The van der Waals surface area contributed by atoms with Crippen LogP contribution < -0.4 is 5.32 Å². The third-order valence-corrected chi connectivity index (χ3v) is 1.59. The largest absolute Gasteiger partial charge is 0.349 e. The molecule has 1 N–H and O–H groups in total. The maximum Gasteiger partial charge on any atom is 0.251 e. The van der Waals surface area contributed by atoms with Crippen LogP contribution in [-0.2, 0) is 0 Å². The molecule has 1 aromatic carbocycles. The second-order valence-electron chi connectivity index (χ2n) is 2.63. The second kappa shape index (κ2) is 4.50. The molecule has 0 atom stereocenters. The minimum absolute atomic E-state index is 0.0887. The summed E-state index contributed by atoms with van der Waals surface area (Å²) in [7, 11) is 0. The highest BCUT2D eigenvalue weighted by Crippen LogP contribution is 2.08. The van der Waals surface area contributed by atoms with Crippen molar-refractivity contribution in [2.75, 3.05) is 6.54 Å². The van der Waals surface area contributed by atoms with E-state index in [0.717, 1.165) is 12.1 Å². The highest BCUT2D eigenvalue weighted by Gasteiger charge is 2.07. The molecule has 2 nitrogen and oxygen atoms in total. The Labute approximate surface area is 80.2 Å². The maximum absolute atomic E-state index is 12.7. The average Bonchev–Trinajstić information content (AvgIpc) is 2.18. The van der Waals surface area contributed by atoms with E-state index in [9.17, 15) is 13.6 Å². The molecule has 0 radical (unpaired) electrons. The van der Waals surface area contributed by atoms with Gasteiger partial charge in [0.25, 0.3) is 5.91 Å². The number of carbonyl (C=O) groups excluding carboxylic acids is 1. The van der Waals surface area contributed by atoms with E-state index in [2.05, 4.69) is 11.9 Å². The first-order chi connectivity index (χ1) is 6.65. The van der Waals surface area contributed by atoms with E-state index < -0.39 is 17.5 Å². The third-order valence-electron chi connectivity index (χ3n) is 1.59. The molecule has 0 aromatic heterocycles. The van der Waals surface area contributed by atoms with E-state index in [4.69, 9.17) is 0 Å². The molecule has 1 rings (SSSR count). The summed E-state index contributed by atoms with van der Waals surface area (Å²) in [5, 5.41) is 2.45. The van der Waals surface area contributed by atoms with Crippen LogP contribution in [0.3, 0.4) is 0 Å². The zero-order valence-corrected chi connectivity index (χ0v) is 7.39. The van der Waals surface area contributed by atoms with Crippen molar-refractivity contribution in [1.29, 1.82) is 0 Å². The molecule has 1 aromatic rings. The van der Waals surface area contributed by atoms with Crippen LogP contribution in [0.1, 0.15) is 10.4 Å². The first kappa shape index (κ1) is 10.4. The molecular formula is C10H9F2NO. The number of hydrogen-bond acceptors (Lipinski definition) is 1. The molecule has 0 unspecified atom stereocenters. The number of rotatable bonds is 3. The molecule has 4 heteroatoms. The van der Waals surface area contributed by atoms with Crippen LogP contribution in [0.2, 0.25) is 0 Å². The van der Waals surface area contributed by atoms with E-state index in [1.54, 1.807) is 0 Å². The molecule has 0 aliphatic carbocycles. The Morgan fingerprint density at radius 3 is 2.71 bits per heavy atom. The van der Waals surface area contributed by atoms with Gasteiger partial charge in [-0.15, -0.1) is 6.58 Å². The van der Waals surface area contributed by atoms with Crippen LogP contribution in [0.4, 0.5) is 8.78 Å². The number of halogens is 2. The fourth-order valence-corrected chi connectivity index (χ4v) is 0.904. The SMILES string of the molecule is C=CCNC(=O)c1ccc(F)c(F)c1. The molecule has 0 bridgehead atoms. The van der Waals surface area contributed by atoms with Crippen LogP contribution in [0.5, 0.6) is 0 Å². The lowest BCUT2D eigenvalue weighted by Gasteiger charge is -2.02. The molecule has 0 saturated carbocycles. The van der Waals surface area contributed by atoms with Crippen LogP contribution in [-0.4, -0.2) is 12.5 Å². The van der Waals surface area contributed by atoms with Gasteiger partial charge in [0, 0.05) is 12.1 Å². The van der Waals surface area contributed by atoms with Crippen LogP contribution in [0.15, 0.2) is 30.9 Å². The molecule has 0 spiro atoms. The Balaban J connectivity index is 2.80. The number of amides is 1. The van der Waals surface area contributed by atoms with Gasteiger partial charge in [-0.3, -0.25) is 4.79 Å². The summed E-state index contributed by atoms with van der Waals surface area (Å²) >= 11 is 0. The normalized spacial score (nSPS) is 9.57. The molecular weight excluding hydrogens is 188 g/mol. The van der Waals surface area contributed by atoms with Gasteiger partial charge < -0.3 is 5.32 Å². The minimum atomic E-state index is -1.03. The Morgan fingerprint density at radius 2 is 2.14 bits per heavy atom. The van der Waals surface area contributed by atoms with Crippen molar-refractivity contribution in [2.45, 2.75) is 0 Å². The molecule has 0 aliphatic heterocycles. The van der Waals surface area contributed by atoms with Crippen molar-refractivity contribution in [2.24, 2.45) is 0 Å². The predicted molar refractivity (Wildman–Crippen MR) is 48.9 cm³/mol. The van der Waals surface area contributed by atoms with Gasteiger partial charge in [0.1, 0.15) is 0 Å². The average molecular weight is 197 g/mol. The van der Waals surface area contributed by atoms with Crippen molar-refractivity contribution < 1.29 is 13.6 Å². The van der Waals surface area contributed by atoms with Gasteiger partial charge in [0.15, 0.2) is 11.6 Å². The van der Waals surface area contributed by atoms with Crippen LogP contribution >= 0.6 is 0 Å². The summed E-state index contributed by atoms with van der Waals surface area (Å²) in [5.41, 5.74) is 0.0887. The van der Waals surface area contributed by atoms with E-state index in [1.165, 1.54) is 12.1 Å². The van der Waals surface area contributed by atoms with Gasteiger partial charge in [-0.05, 0) is 18.2 Å². The van der Waals surface area contributed by atoms with Crippen molar-refractivity contribution in [3.05, 3.63) is 48.1 Å². The number of nitrogens with one attached hydrogen (secondary N) is 1. The van der Waals surface area contributed by atoms with E-state index in [1.807, 2.05) is 0 Å². The van der Waals surface area contributed by atoms with Crippen molar-refractivity contribution >= 4 is 5.91 Å².